The van der Waals surface area contributed by atoms with E-state index in [-0.39, 0.29) is 0 Å². The van der Waals surface area contributed by atoms with E-state index in [4.69, 9.17) is 10.7 Å². The highest BCUT2D eigenvalue weighted by Gasteiger charge is 2.16. The van der Waals surface area contributed by atoms with Crippen molar-refractivity contribution in [1.29, 1.82) is 0 Å². The smallest absolute Gasteiger partial charge is 0.152 e. The Bertz CT molecular complexity index is 584. The van der Waals surface area contributed by atoms with Gasteiger partial charge in [-0.05, 0) is 31.4 Å². The van der Waals surface area contributed by atoms with Crippen molar-refractivity contribution in [2.24, 2.45) is 0 Å². The monoisotopic (exact) mass is 255 g/mol. The van der Waals surface area contributed by atoms with E-state index >= 15 is 0 Å². The van der Waals surface area contributed by atoms with Gasteiger partial charge in [-0.2, -0.15) is 0 Å². The number of aromatic nitrogens is 1. The van der Waals surface area contributed by atoms with E-state index in [0.29, 0.717) is 0 Å². The van der Waals surface area contributed by atoms with Gasteiger partial charge in [0.1, 0.15) is 0 Å². The summed E-state index contributed by atoms with van der Waals surface area (Å²) < 4.78 is 0. The SMILES string of the molecule is Cc1c(N)c(N2CCCCCC2)nc2ccccc12. The molecule has 3 nitrogen and oxygen atoms in total. The Morgan fingerprint density at radius 3 is 2.47 bits per heavy atom. The largest absolute Gasteiger partial charge is 0.396 e. The minimum absolute atomic E-state index is 0.848. The number of pyridine rings is 1. The summed E-state index contributed by atoms with van der Waals surface area (Å²) in [4.78, 5) is 7.16. The summed E-state index contributed by atoms with van der Waals surface area (Å²) in [6.45, 7) is 4.25. The molecule has 2 heterocycles. The zero-order valence-corrected chi connectivity index (χ0v) is 11.5. The number of hydrogen-bond acceptors (Lipinski definition) is 3. The maximum Gasteiger partial charge on any atom is 0.152 e. The molecule has 100 valence electrons. The summed E-state index contributed by atoms with van der Waals surface area (Å²) >= 11 is 0. The van der Waals surface area contributed by atoms with Crippen LogP contribution in [-0.2, 0) is 0 Å². The zero-order valence-electron chi connectivity index (χ0n) is 11.5. The molecule has 3 heteroatoms. The Kier molecular flexibility index (Phi) is 3.28. The van der Waals surface area contributed by atoms with Crippen molar-refractivity contribution in [1.82, 2.24) is 4.98 Å². The van der Waals surface area contributed by atoms with Crippen LogP contribution in [0, 0.1) is 6.92 Å². The first-order valence-corrected chi connectivity index (χ1v) is 7.17. The van der Waals surface area contributed by atoms with Gasteiger partial charge < -0.3 is 10.6 Å². The third-order valence-electron chi connectivity index (χ3n) is 4.08. The van der Waals surface area contributed by atoms with Gasteiger partial charge in [-0.15, -0.1) is 0 Å². The summed E-state index contributed by atoms with van der Waals surface area (Å²) in [6, 6.07) is 8.25. The van der Waals surface area contributed by atoms with Gasteiger partial charge in [0.15, 0.2) is 5.82 Å². The first-order chi connectivity index (χ1) is 9.27. The van der Waals surface area contributed by atoms with E-state index in [1.165, 1.54) is 31.1 Å². The van der Waals surface area contributed by atoms with E-state index in [9.17, 15) is 0 Å². The van der Waals surface area contributed by atoms with Crippen molar-refractivity contribution in [2.75, 3.05) is 23.7 Å². The highest BCUT2D eigenvalue weighted by Crippen LogP contribution is 2.31. The Morgan fingerprint density at radius 2 is 1.74 bits per heavy atom. The Labute approximate surface area is 114 Å². The van der Waals surface area contributed by atoms with Crippen LogP contribution >= 0.6 is 0 Å². The average molecular weight is 255 g/mol. The standard InChI is InChI=1S/C16H21N3/c1-12-13-8-4-5-9-14(13)18-16(15(12)17)19-10-6-2-3-7-11-19/h4-5,8-9H,2-3,6-7,10-11,17H2,1H3. The molecule has 3 rings (SSSR count). The first kappa shape index (κ1) is 12.3. The molecule has 2 N–H and O–H groups in total. The van der Waals surface area contributed by atoms with Crippen LogP contribution in [0.4, 0.5) is 11.5 Å². The van der Waals surface area contributed by atoms with Gasteiger partial charge in [-0.3, -0.25) is 0 Å². The maximum absolute atomic E-state index is 6.33. The zero-order chi connectivity index (χ0) is 13.2. The van der Waals surface area contributed by atoms with Crippen molar-refractivity contribution in [2.45, 2.75) is 32.6 Å². The number of fused-ring (bicyclic) bond motifs is 1. The molecule has 0 unspecified atom stereocenters. The van der Waals surface area contributed by atoms with Crippen molar-refractivity contribution < 1.29 is 0 Å². The molecule has 0 saturated carbocycles. The van der Waals surface area contributed by atoms with Crippen LogP contribution in [0.15, 0.2) is 24.3 Å². The summed E-state index contributed by atoms with van der Waals surface area (Å²) in [5, 5.41) is 1.17. The second kappa shape index (κ2) is 5.08. The fourth-order valence-corrected chi connectivity index (χ4v) is 2.90. The molecule has 0 amide bonds. The van der Waals surface area contributed by atoms with E-state index in [1.807, 2.05) is 12.1 Å². The molecule has 1 fully saturated rings. The van der Waals surface area contributed by atoms with E-state index in [1.54, 1.807) is 0 Å². The lowest BCUT2D eigenvalue weighted by molar-refractivity contribution is 0.726. The fraction of sp³-hybridized carbons (Fsp3) is 0.438. The van der Waals surface area contributed by atoms with Crippen LogP contribution < -0.4 is 10.6 Å². The molecule has 1 saturated heterocycles. The summed E-state index contributed by atoms with van der Waals surface area (Å²) in [5.74, 6) is 0.984. The van der Waals surface area contributed by atoms with E-state index < -0.39 is 0 Å². The molecule has 19 heavy (non-hydrogen) atoms. The molecular formula is C16H21N3. The lowest BCUT2D eigenvalue weighted by atomic mass is 10.1. The van der Waals surface area contributed by atoms with Crippen LogP contribution in [0.5, 0.6) is 0 Å². The van der Waals surface area contributed by atoms with Crippen LogP contribution in [0.1, 0.15) is 31.2 Å². The number of para-hydroxylation sites is 1. The molecule has 0 radical (unpaired) electrons. The van der Waals surface area contributed by atoms with Gasteiger partial charge in [0.05, 0.1) is 11.2 Å². The van der Waals surface area contributed by atoms with Crippen molar-refractivity contribution in [3.05, 3.63) is 29.8 Å². The Balaban J connectivity index is 2.09. The second-order valence-corrected chi connectivity index (χ2v) is 5.39. The number of hydrogen-bond donors (Lipinski definition) is 1. The summed E-state index contributed by atoms with van der Waals surface area (Å²) in [6.07, 6.45) is 5.13. The van der Waals surface area contributed by atoms with Gasteiger partial charge in [0.25, 0.3) is 0 Å². The second-order valence-electron chi connectivity index (χ2n) is 5.39. The number of rotatable bonds is 1. The molecular weight excluding hydrogens is 234 g/mol. The third kappa shape index (κ3) is 2.25. The van der Waals surface area contributed by atoms with Crippen molar-refractivity contribution in [3.8, 4) is 0 Å². The highest BCUT2D eigenvalue weighted by molar-refractivity contribution is 5.90. The third-order valence-corrected chi connectivity index (χ3v) is 4.08. The molecule has 1 aliphatic heterocycles. The van der Waals surface area contributed by atoms with Gasteiger partial charge >= 0.3 is 0 Å². The van der Waals surface area contributed by atoms with Crippen LogP contribution in [0.2, 0.25) is 0 Å². The summed E-state index contributed by atoms with van der Waals surface area (Å²) in [5.41, 5.74) is 9.38. The quantitative estimate of drug-likeness (QED) is 0.848. The van der Waals surface area contributed by atoms with Gasteiger partial charge in [0.2, 0.25) is 0 Å². The number of nitrogens with two attached hydrogens (primary N) is 1. The molecule has 0 atom stereocenters. The van der Waals surface area contributed by atoms with Gasteiger partial charge in [-0.1, -0.05) is 31.0 Å². The lowest BCUT2D eigenvalue weighted by Crippen LogP contribution is -2.26. The lowest BCUT2D eigenvalue weighted by Gasteiger charge is -2.24. The topological polar surface area (TPSA) is 42.1 Å². The molecule has 0 aliphatic carbocycles. The Morgan fingerprint density at radius 1 is 1.05 bits per heavy atom. The average Bonchev–Trinajstić information content (AvgIpc) is 2.72. The minimum Gasteiger partial charge on any atom is -0.396 e. The van der Waals surface area contributed by atoms with Gasteiger partial charge in [0, 0.05) is 18.5 Å². The number of anilines is 2. The van der Waals surface area contributed by atoms with Crippen molar-refractivity contribution in [3.63, 3.8) is 0 Å². The summed E-state index contributed by atoms with van der Waals surface area (Å²) in [7, 11) is 0. The molecule has 0 bridgehead atoms. The molecule has 1 aromatic carbocycles. The van der Waals surface area contributed by atoms with E-state index in [0.717, 1.165) is 35.7 Å². The molecule has 2 aromatic rings. The maximum atomic E-state index is 6.33. The van der Waals surface area contributed by atoms with Crippen LogP contribution in [0.3, 0.4) is 0 Å². The predicted molar refractivity (Wildman–Crippen MR) is 81.6 cm³/mol. The normalized spacial score (nSPS) is 16.6. The van der Waals surface area contributed by atoms with Gasteiger partial charge in [-0.25, -0.2) is 4.98 Å². The molecule has 0 spiro atoms. The first-order valence-electron chi connectivity index (χ1n) is 7.17. The molecule has 1 aromatic heterocycles. The highest BCUT2D eigenvalue weighted by atomic mass is 15.2. The van der Waals surface area contributed by atoms with Crippen LogP contribution in [-0.4, -0.2) is 18.1 Å². The number of nitrogen functional groups attached to an aromatic ring is 1. The predicted octanol–water partition coefficient (Wildman–Crippen LogP) is 3.51. The van der Waals surface area contributed by atoms with E-state index in [2.05, 4.69) is 24.0 Å². The molecule has 1 aliphatic rings. The number of nitrogens with zero attached hydrogens (tertiary/aromatic N) is 2. The fourth-order valence-electron chi connectivity index (χ4n) is 2.90. The minimum atomic E-state index is 0.848. The van der Waals surface area contributed by atoms with Crippen molar-refractivity contribution >= 4 is 22.4 Å². The Hall–Kier alpha value is -1.77. The number of aryl methyl sites for hydroxylation is 1. The number of benzene rings is 1. The van der Waals surface area contributed by atoms with Crippen LogP contribution in [0.25, 0.3) is 10.9 Å².